The van der Waals surface area contributed by atoms with Crippen LogP contribution in [0, 0.1) is 5.92 Å². The number of aliphatic imine (C=N–C) groups is 1. The summed E-state index contributed by atoms with van der Waals surface area (Å²) in [6.07, 6.45) is 6.43. The van der Waals surface area contributed by atoms with Crippen molar-refractivity contribution in [2.24, 2.45) is 10.9 Å². The highest BCUT2D eigenvalue weighted by atomic mass is 16.7. The van der Waals surface area contributed by atoms with Gasteiger partial charge in [0.1, 0.15) is 11.5 Å². The lowest BCUT2D eigenvalue weighted by molar-refractivity contribution is -0.265. The van der Waals surface area contributed by atoms with Gasteiger partial charge in [-0.3, -0.25) is 9.79 Å². The highest BCUT2D eigenvalue weighted by Gasteiger charge is 2.29. The van der Waals surface area contributed by atoms with Gasteiger partial charge in [-0.05, 0) is 41.5 Å². The highest BCUT2D eigenvalue weighted by Crippen LogP contribution is 2.22. The minimum absolute atomic E-state index is 0.0533. The van der Waals surface area contributed by atoms with E-state index in [-0.39, 0.29) is 23.9 Å². The van der Waals surface area contributed by atoms with Gasteiger partial charge in [-0.25, -0.2) is 0 Å². The van der Waals surface area contributed by atoms with Crippen molar-refractivity contribution in [3.05, 3.63) is 24.0 Å². The van der Waals surface area contributed by atoms with Crippen molar-refractivity contribution in [3.8, 4) is 0 Å². The quantitative estimate of drug-likeness (QED) is 0.665. The summed E-state index contributed by atoms with van der Waals surface area (Å²) < 4.78 is 17.4. The molecule has 0 aromatic rings. The standard InChI is InChI=1S/C21H34N2O4/c1-15(2)23(16(3)4)20(24)19-11-18(9-7-8-10-22-19)25-12-17-13-26-21(5,6)27-14-17/h7-8,11,15-17H,9-10,12-14H2,1-6H3/b8-7?,18-11+,22-19?. The number of rotatable bonds is 6. The van der Waals surface area contributed by atoms with Gasteiger partial charge in [-0.2, -0.15) is 0 Å². The lowest BCUT2D eigenvalue weighted by Crippen LogP contribution is -2.45. The molecule has 1 fully saturated rings. The number of hydrogen-bond acceptors (Lipinski definition) is 5. The van der Waals surface area contributed by atoms with Crippen molar-refractivity contribution < 1.29 is 19.0 Å². The largest absolute Gasteiger partial charge is 0.497 e. The average Bonchev–Trinajstić information content (AvgIpc) is 2.54. The minimum atomic E-state index is -0.526. The van der Waals surface area contributed by atoms with Crippen molar-refractivity contribution >= 4 is 11.6 Å². The fourth-order valence-corrected chi connectivity index (χ4v) is 3.16. The molecule has 0 atom stereocenters. The molecule has 0 aromatic heterocycles. The number of ether oxygens (including phenoxy) is 3. The van der Waals surface area contributed by atoms with E-state index in [1.807, 2.05) is 58.6 Å². The van der Waals surface area contributed by atoms with E-state index >= 15 is 0 Å². The second-order valence-corrected chi connectivity index (χ2v) is 8.11. The smallest absolute Gasteiger partial charge is 0.272 e. The molecular weight excluding hydrogens is 344 g/mol. The molecule has 6 heteroatoms. The molecule has 0 spiro atoms. The van der Waals surface area contributed by atoms with Crippen LogP contribution in [0.3, 0.4) is 0 Å². The van der Waals surface area contributed by atoms with Crippen LogP contribution in [0.1, 0.15) is 48.0 Å². The Morgan fingerprint density at radius 2 is 1.85 bits per heavy atom. The van der Waals surface area contributed by atoms with E-state index in [1.54, 1.807) is 6.08 Å². The molecule has 1 amide bonds. The summed E-state index contributed by atoms with van der Waals surface area (Å²) in [6, 6.07) is 0.220. The molecule has 6 nitrogen and oxygen atoms in total. The molecule has 0 bridgehead atoms. The number of carbonyl (C=O) groups excluding carboxylic acids is 1. The van der Waals surface area contributed by atoms with Crippen molar-refractivity contribution in [1.29, 1.82) is 0 Å². The Labute approximate surface area is 163 Å². The molecule has 0 aliphatic carbocycles. The van der Waals surface area contributed by atoms with Crippen LogP contribution in [0.25, 0.3) is 0 Å². The normalized spacial score (nSPS) is 22.7. The Hall–Kier alpha value is -1.66. The number of amides is 1. The maximum atomic E-state index is 13.0. The van der Waals surface area contributed by atoms with Gasteiger partial charge < -0.3 is 19.1 Å². The molecule has 2 rings (SSSR count). The second kappa shape index (κ2) is 9.51. The van der Waals surface area contributed by atoms with Crippen LogP contribution < -0.4 is 0 Å². The SMILES string of the molecule is CC(C)N(C(=O)C1=NCC=CC/C(OCC2COC(C)(C)OC2)=C\1)C(C)C. The third-order valence-corrected chi connectivity index (χ3v) is 4.55. The van der Waals surface area contributed by atoms with E-state index in [4.69, 9.17) is 14.2 Å². The first-order chi connectivity index (χ1) is 12.7. The maximum Gasteiger partial charge on any atom is 0.272 e. The van der Waals surface area contributed by atoms with E-state index in [9.17, 15) is 4.79 Å². The summed E-state index contributed by atoms with van der Waals surface area (Å²) in [7, 11) is 0. The zero-order chi connectivity index (χ0) is 20.0. The molecule has 0 radical (unpaired) electrons. The van der Waals surface area contributed by atoms with Crippen LogP contribution in [0.15, 0.2) is 29.0 Å². The van der Waals surface area contributed by atoms with Crippen LogP contribution in [-0.2, 0) is 19.0 Å². The zero-order valence-corrected chi connectivity index (χ0v) is 17.5. The fraction of sp³-hybridized carbons (Fsp3) is 0.714. The first-order valence-electron chi connectivity index (χ1n) is 9.83. The monoisotopic (exact) mass is 378 g/mol. The average molecular weight is 379 g/mol. The molecule has 0 aromatic carbocycles. The van der Waals surface area contributed by atoms with Gasteiger partial charge in [0.25, 0.3) is 5.91 Å². The van der Waals surface area contributed by atoms with E-state index in [1.165, 1.54) is 0 Å². The first-order valence-corrected chi connectivity index (χ1v) is 9.83. The van der Waals surface area contributed by atoms with Gasteiger partial charge in [0.2, 0.25) is 0 Å². The van der Waals surface area contributed by atoms with Gasteiger partial charge in [0.05, 0.1) is 26.4 Å². The summed E-state index contributed by atoms with van der Waals surface area (Å²) in [5.41, 5.74) is 0.453. The van der Waals surface area contributed by atoms with E-state index in [0.717, 1.165) is 5.76 Å². The number of allylic oxidation sites excluding steroid dienone is 1. The van der Waals surface area contributed by atoms with Crippen molar-refractivity contribution in [1.82, 2.24) is 4.90 Å². The van der Waals surface area contributed by atoms with Gasteiger partial charge in [-0.1, -0.05) is 12.2 Å². The molecule has 152 valence electrons. The molecule has 0 unspecified atom stereocenters. The van der Waals surface area contributed by atoms with Gasteiger partial charge in [-0.15, -0.1) is 0 Å². The Kier molecular flexibility index (Phi) is 7.62. The summed E-state index contributed by atoms with van der Waals surface area (Å²) in [6.45, 7) is 14.1. The lowest BCUT2D eigenvalue weighted by Gasteiger charge is -2.35. The predicted octanol–water partition coefficient (Wildman–Crippen LogP) is 3.33. The van der Waals surface area contributed by atoms with Crippen LogP contribution >= 0.6 is 0 Å². The molecule has 0 saturated carbocycles. The Bertz CT molecular complexity index is 587. The maximum absolute atomic E-state index is 13.0. The number of nitrogens with zero attached hydrogens (tertiary/aromatic N) is 2. The third kappa shape index (κ3) is 6.47. The molecule has 1 saturated heterocycles. The van der Waals surface area contributed by atoms with E-state index in [2.05, 4.69) is 4.99 Å². The molecular formula is C21H34N2O4. The first kappa shape index (κ1) is 21.6. The van der Waals surface area contributed by atoms with E-state index < -0.39 is 5.79 Å². The summed E-state index contributed by atoms with van der Waals surface area (Å²) >= 11 is 0. The molecule has 2 aliphatic rings. The van der Waals surface area contributed by atoms with Gasteiger partial charge in [0, 0.05) is 30.5 Å². The third-order valence-electron chi connectivity index (χ3n) is 4.55. The molecule has 2 heterocycles. The topological polar surface area (TPSA) is 60.4 Å². The van der Waals surface area contributed by atoms with Crippen LogP contribution in [0.2, 0.25) is 0 Å². The Morgan fingerprint density at radius 3 is 2.44 bits per heavy atom. The number of carbonyl (C=O) groups is 1. The van der Waals surface area contributed by atoms with Crippen molar-refractivity contribution in [2.45, 2.75) is 65.8 Å². The van der Waals surface area contributed by atoms with Crippen LogP contribution in [0.4, 0.5) is 0 Å². The summed E-state index contributed by atoms with van der Waals surface area (Å²) in [5, 5.41) is 0. The minimum Gasteiger partial charge on any atom is -0.497 e. The zero-order valence-electron chi connectivity index (χ0n) is 17.5. The number of hydrogen-bond donors (Lipinski definition) is 0. The molecule has 0 N–H and O–H groups in total. The highest BCUT2D eigenvalue weighted by molar-refractivity contribution is 6.43. The van der Waals surface area contributed by atoms with Gasteiger partial charge >= 0.3 is 0 Å². The van der Waals surface area contributed by atoms with Crippen molar-refractivity contribution in [2.75, 3.05) is 26.4 Å². The summed E-state index contributed by atoms with van der Waals surface area (Å²) in [5.74, 6) is 0.340. The Morgan fingerprint density at radius 1 is 1.22 bits per heavy atom. The van der Waals surface area contributed by atoms with Crippen molar-refractivity contribution in [3.63, 3.8) is 0 Å². The Balaban J connectivity index is 2.05. The molecule has 2 aliphatic heterocycles. The second-order valence-electron chi connectivity index (χ2n) is 8.11. The predicted molar refractivity (Wildman–Crippen MR) is 107 cm³/mol. The van der Waals surface area contributed by atoms with E-state index in [0.29, 0.717) is 38.5 Å². The molecule has 27 heavy (non-hydrogen) atoms. The summed E-state index contributed by atoms with van der Waals surface area (Å²) in [4.78, 5) is 19.3. The fourth-order valence-electron chi connectivity index (χ4n) is 3.16. The van der Waals surface area contributed by atoms with Gasteiger partial charge in [0.15, 0.2) is 5.79 Å². The van der Waals surface area contributed by atoms with Crippen LogP contribution in [-0.4, -0.2) is 60.8 Å². The lowest BCUT2D eigenvalue weighted by atomic mass is 10.1. The van der Waals surface area contributed by atoms with Crippen LogP contribution in [0.5, 0.6) is 0 Å².